The molecule has 8 heteroatoms. The van der Waals surface area contributed by atoms with Crippen LogP contribution in [0, 0.1) is 18.6 Å². The van der Waals surface area contributed by atoms with E-state index >= 15 is 0 Å². The van der Waals surface area contributed by atoms with Crippen molar-refractivity contribution in [3.05, 3.63) is 47.3 Å². The Morgan fingerprint density at radius 1 is 1.30 bits per heavy atom. The number of rotatable bonds is 3. The Hall–Kier alpha value is -1.80. The van der Waals surface area contributed by atoms with Gasteiger partial charge in [0.2, 0.25) is 10.0 Å². The maximum absolute atomic E-state index is 13.9. The van der Waals surface area contributed by atoms with E-state index in [1.165, 1.54) is 0 Å². The van der Waals surface area contributed by atoms with E-state index in [9.17, 15) is 17.2 Å². The molecule has 1 N–H and O–H groups in total. The lowest BCUT2D eigenvalue weighted by Gasteiger charge is -2.31. The van der Waals surface area contributed by atoms with Crippen LogP contribution in [0.5, 0.6) is 0 Å². The van der Waals surface area contributed by atoms with Crippen LogP contribution in [0.3, 0.4) is 0 Å². The number of aryl methyl sites for hydroxylation is 1. The van der Waals surface area contributed by atoms with Crippen molar-refractivity contribution in [2.45, 2.75) is 30.6 Å². The van der Waals surface area contributed by atoms with E-state index in [1.54, 1.807) is 6.20 Å². The molecule has 1 aromatic heterocycles. The molecule has 23 heavy (non-hydrogen) atoms. The van der Waals surface area contributed by atoms with Gasteiger partial charge in [0.25, 0.3) is 0 Å². The van der Waals surface area contributed by atoms with Gasteiger partial charge in [-0.3, -0.25) is 5.10 Å². The van der Waals surface area contributed by atoms with Crippen molar-refractivity contribution >= 4 is 10.0 Å². The number of nitrogens with one attached hydrogen (secondary N) is 1. The van der Waals surface area contributed by atoms with E-state index in [-0.39, 0.29) is 19.0 Å². The molecule has 1 aromatic carbocycles. The summed E-state index contributed by atoms with van der Waals surface area (Å²) in [6.07, 6.45) is 3.10. The fraction of sp³-hybridized carbons (Fsp3) is 0.400. The van der Waals surface area contributed by atoms with Gasteiger partial charge in [-0.05, 0) is 37.5 Å². The highest BCUT2D eigenvalue weighted by molar-refractivity contribution is 7.89. The van der Waals surface area contributed by atoms with Crippen molar-refractivity contribution in [3.8, 4) is 0 Å². The number of benzene rings is 1. The SMILES string of the molecule is Cc1cn[nH]c1[C@H]1CCCN(S(=O)(=O)c2c(F)cccc2F)C1. The van der Waals surface area contributed by atoms with Gasteiger partial charge >= 0.3 is 0 Å². The van der Waals surface area contributed by atoms with Gasteiger partial charge in [0.05, 0.1) is 6.20 Å². The molecule has 1 aliphatic heterocycles. The molecule has 1 atom stereocenters. The Balaban J connectivity index is 1.93. The van der Waals surface area contributed by atoms with Gasteiger partial charge in [-0.15, -0.1) is 0 Å². The first-order chi connectivity index (χ1) is 10.9. The molecule has 2 heterocycles. The molecule has 0 spiro atoms. The number of piperidine rings is 1. The first-order valence-corrected chi connectivity index (χ1v) is 8.79. The summed E-state index contributed by atoms with van der Waals surface area (Å²) in [4.78, 5) is -0.873. The molecular formula is C15H17F2N3O2S. The third-order valence-electron chi connectivity index (χ3n) is 4.18. The van der Waals surface area contributed by atoms with Gasteiger partial charge in [-0.2, -0.15) is 9.40 Å². The van der Waals surface area contributed by atoms with Gasteiger partial charge in [-0.25, -0.2) is 17.2 Å². The number of sulfonamides is 1. The molecule has 124 valence electrons. The molecule has 2 aromatic rings. The summed E-state index contributed by atoms with van der Waals surface area (Å²) in [5.74, 6) is -2.19. The van der Waals surface area contributed by atoms with E-state index in [2.05, 4.69) is 10.2 Å². The molecule has 1 aliphatic rings. The lowest BCUT2D eigenvalue weighted by atomic mass is 9.94. The van der Waals surface area contributed by atoms with E-state index in [0.29, 0.717) is 6.42 Å². The van der Waals surface area contributed by atoms with Crippen molar-refractivity contribution in [2.24, 2.45) is 0 Å². The van der Waals surface area contributed by atoms with Crippen LogP contribution in [0.25, 0.3) is 0 Å². The number of hydrogen-bond donors (Lipinski definition) is 1. The molecular weight excluding hydrogens is 324 g/mol. The van der Waals surface area contributed by atoms with Crippen molar-refractivity contribution in [2.75, 3.05) is 13.1 Å². The first kappa shape index (κ1) is 16.1. The topological polar surface area (TPSA) is 66.1 Å². The summed E-state index contributed by atoms with van der Waals surface area (Å²) < 4.78 is 54.2. The summed E-state index contributed by atoms with van der Waals surface area (Å²) in [5.41, 5.74) is 1.82. The van der Waals surface area contributed by atoms with Crippen LogP contribution in [-0.4, -0.2) is 36.0 Å². The van der Waals surface area contributed by atoms with E-state index in [0.717, 1.165) is 40.2 Å². The molecule has 1 fully saturated rings. The zero-order chi connectivity index (χ0) is 16.6. The predicted molar refractivity (Wildman–Crippen MR) is 80.4 cm³/mol. The van der Waals surface area contributed by atoms with Crippen LogP contribution in [0.15, 0.2) is 29.3 Å². The van der Waals surface area contributed by atoms with Crippen molar-refractivity contribution in [3.63, 3.8) is 0 Å². The predicted octanol–water partition coefficient (Wildman–Crippen LogP) is 2.56. The molecule has 0 saturated carbocycles. The smallest absolute Gasteiger partial charge is 0.248 e. The average molecular weight is 341 g/mol. The highest BCUT2D eigenvalue weighted by atomic mass is 32.2. The second kappa shape index (κ2) is 6.01. The number of hydrogen-bond acceptors (Lipinski definition) is 3. The van der Waals surface area contributed by atoms with Crippen LogP contribution in [-0.2, 0) is 10.0 Å². The number of aromatic amines is 1. The van der Waals surface area contributed by atoms with Crippen LogP contribution >= 0.6 is 0 Å². The van der Waals surface area contributed by atoms with Crippen molar-refractivity contribution in [1.82, 2.24) is 14.5 Å². The fourth-order valence-corrected chi connectivity index (χ4v) is 4.66. The summed E-state index contributed by atoms with van der Waals surface area (Å²) in [6.45, 7) is 2.32. The van der Waals surface area contributed by atoms with E-state index in [1.807, 2.05) is 6.92 Å². The number of halogens is 2. The summed E-state index contributed by atoms with van der Waals surface area (Å²) in [6, 6.07) is 3.06. The second-order valence-corrected chi connectivity index (χ2v) is 7.59. The van der Waals surface area contributed by atoms with Crippen LogP contribution in [0.1, 0.15) is 30.0 Å². The Kier molecular flexibility index (Phi) is 4.20. The Morgan fingerprint density at radius 3 is 2.61 bits per heavy atom. The maximum Gasteiger partial charge on any atom is 0.248 e. The quantitative estimate of drug-likeness (QED) is 0.933. The average Bonchev–Trinajstić information content (AvgIpc) is 2.93. The zero-order valence-electron chi connectivity index (χ0n) is 12.6. The largest absolute Gasteiger partial charge is 0.282 e. The molecule has 3 rings (SSSR count). The van der Waals surface area contributed by atoms with Crippen molar-refractivity contribution in [1.29, 1.82) is 0 Å². The van der Waals surface area contributed by atoms with Gasteiger partial charge in [0, 0.05) is 24.7 Å². The fourth-order valence-electron chi connectivity index (χ4n) is 3.02. The molecule has 1 saturated heterocycles. The normalized spacial score (nSPS) is 19.9. The van der Waals surface area contributed by atoms with E-state index < -0.39 is 26.6 Å². The molecule has 0 amide bonds. The number of aromatic nitrogens is 2. The third kappa shape index (κ3) is 2.88. The van der Waals surface area contributed by atoms with Gasteiger partial charge < -0.3 is 0 Å². The van der Waals surface area contributed by atoms with Gasteiger partial charge in [0.1, 0.15) is 11.6 Å². The molecule has 0 aliphatic carbocycles. The lowest BCUT2D eigenvalue weighted by Crippen LogP contribution is -2.40. The van der Waals surface area contributed by atoms with Crippen LogP contribution < -0.4 is 0 Å². The highest BCUT2D eigenvalue weighted by Gasteiger charge is 2.35. The summed E-state index contributed by atoms with van der Waals surface area (Å²) in [7, 11) is -4.21. The minimum absolute atomic E-state index is 0.0594. The van der Waals surface area contributed by atoms with Crippen molar-refractivity contribution < 1.29 is 17.2 Å². The van der Waals surface area contributed by atoms with Crippen LogP contribution in [0.2, 0.25) is 0 Å². The second-order valence-electron chi connectivity index (χ2n) is 5.72. The Labute approximate surface area is 133 Å². The summed E-state index contributed by atoms with van der Waals surface area (Å²) >= 11 is 0. The third-order valence-corrected chi connectivity index (χ3v) is 6.09. The Morgan fingerprint density at radius 2 is 2.00 bits per heavy atom. The minimum Gasteiger partial charge on any atom is -0.282 e. The van der Waals surface area contributed by atoms with Gasteiger partial charge in [0.15, 0.2) is 4.90 Å². The van der Waals surface area contributed by atoms with Gasteiger partial charge in [-0.1, -0.05) is 6.07 Å². The molecule has 0 unspecified atom stereocenters. The monoisotopic (exact) mass is 341 g/mol. The molecule has 0 radical (unpaired) electrons. The Bertz CT molecular complexity index is 800. The van der Waals surface area contributed by atoms with E-state index in [4.69, 9.17) is 0 Å². The zero-order valence-corrected chi connectivity index (χ0v) is 13.4. The highest BCUT2D eigenvalue weighted by Crippen LogP contribution is 2.32. The molecule has 0 bridgehead atoms. The minimum atomic E-state index is -4.21. The summed E-state index contributed by atoms with van der Waals surface area (Å²) in [5, 5.41) is 6.85. The lowest BCUT2D eigenvalue weighted by molar-refractivity contribution is 0.309. The first-order valence-electron chi connectivity index (χ1n) is 7.35. The number of nitrogens with zero attached hydrogens (tertiary/aromatic N) is 2. The standard InChI is InChI=1S/C15H17F2N3O2S/c1-10-8-18-19-14(10)11-4-3-7-20(9-11)23(21,22)15-12(16)5-2-6-13(15)17/h2,5-6,8,11H,3-4,7,9H2,1H3,(H,18,19)/t11-/m0/s1. The van der Waals surface area contributed by atoms with Crippen LogP contribution in [0.4, 0.5) is 8.78 Å². The molecule has 5 nitrogen and oxygen atoms in total. The number of H-pyrrole nitrogens is 1. The maximum atomic E-state index is 13.9.